The lowest BCUT2D eigenvalue weighted by molar-refractivity contribution is -0.117. The molecule has 6 heteroatoms. The minimum Gasteiger partial charge on any atom is -0.503 e. The molecule has 2 heterocycles. The van der Waals surface area contributed by atoms with E-state index < -0.39 is 23.5 Å². The highest BCUT2D eigenvalue weighted by Crippen LogP contribution is 2.42. The second-order valence-corrected chi connectivity index (χ2v) is 8.09. The molecule has 0 spiro atoms. The van der Waals surface area contributed by atoms with Gasteiger partial charge in [0.25, 0.3) is 5.91 Å². The minimum atomic E-state index is -0.802. The molecular formula is C28H23NO5. The van der Waals surface area contributed by atoms with Crippen molar-refractivity contribution in [2.24, 2.45) is 0 Å². The maximum absolute atomic E-state index is 13.7. The molecule has 0 saturated heterocycles. The molecule has 0 fully saturated rings. The van der Waals surface area contributed by atoms with E-state index in [9.17, 15) is 14.7 Å². The number of para-hydroxylation sites is 2. The summed E-state index contributed by atoms with van der Waals surface area (Å²) >= 11 is 0. The zero-order chi connectivity index (χ0) is 23.8. The average Bonchev–Trinajstić information content (AvgIpc) is 3.43. The first-order valence-corrected chi connectivity index (χ1v) is 11.0. The van der Waals surface area contributed by atoms with Gasteiger partial charge in [-0.15, -0.1) is 0 Å². The van der Waals surface area contributed by atoms with Crippen LogP contribution in [-0.4, -0.2) is 23.9 Å². The lowest BCUT2D eigenvalue weighted by Crippen LogP contribution is -2.31. The number of amides is 1. The maximum Gasteiger partial charge on any atom is 0.294 e. The highest BCUT2D eigenvalue weighted by Gasteiger charge is 2.45. The molecule has 6 nitrogen and oxygen atoms in total. The molecule has 5 rings (SSSR count). The van der Waals surface area contributed by atoms with Crippen LogP contribution in [0.5, 0.6) is 5.75 Å². The number of carbonyl (C=O) groups is 2. The summed E-state index contributed by atoms with van der Waals surface area (Å²) in [5, 5.41) is 11.6. The third kappa shape index (κ3) is 3.44. The summed E-state index contributed by atoms with van der Waals surface area (Å²) in [6, 6.07) is 22.9. The lowest BCUT2D eigenvalue weighted by Gasteiger charge is -2.27. The fourth-order valence-electron chi connectivity index (χ4n) is 4.38. The highest BCUT2D eigenvalue weighted by molar-refractivity contribution is 6.20. The third-order valence-electron chi connectivity index (χ3n) is 6.14. The van der Waals surface area contributed by atoms with Crippen molar-refractivity contribution in [3.8, 4) is 5.75 Å². The van der Waals surface area contributed by atoms with Crippen LogP contribution in [0.4, 0.5) is 5.69 Å². The number of Topliss-reactive ketones (excluding diaryl/α,β-unsaturated/α-hetero) is 1. The Morgan fingerprint density at radius 1 is 1.03 bits per heavy atom. The molecule has 0 bridgehead atoms. The van der Waals surface area contributed by atoms with Crippen LogP contribution >= 0.6 is 0 Å². The van der Waals surface area contributed by atoms with Crippen LogP contribution in [0.1, 0.15) is 34.6 Å². The number of benzene rings is 3. The highest BCUT2D eigenvalue weighted by atomic mass is 16.5. The number of aliphatic hydroxyl groups excluding tert-OH is 1. The van der Waals surface area contributed by atoms with Crippen LogP contribution in [0.3, 0.4) is 0 Å². The van der Waals surface area contributed by atoms with Crippen molar-refractivity contribution < 1.29 is 23.8 Å². The van der Waals surface area contributed by atoms with Crippen LogP contribution in [0, 0.1) is 0 Å². The van der Waals surface area contributed by atoms with Crippen LogP contribution in [0.2, 0.25) is 0 Å². The van der Waals surface area contributed by atoms with Gasteiger partial charge in [0.15, 0.2) is 22.9 Å². The summed E-state index contributed by atoms with van der Waals surface area (Å²) in [6.07, 6.45) is 0.861. The molecule has 1 aliphatic rings. The number of anilines is 1. The molecule has 0 saturated carbocycles. The zero-order valence-corrected chi connectivity index (χ0v) is 18.8. The Bertz CT molecular complexity index is 1420. The molecule has 1 aliphatic heterocycles. The quantitative estimate of drug-likeness (QED) is 0.374. The summed E-state index contributed by atoms with van der Waals surface area (Å²) in [6.45, 7) is 2.06. The zero-order valence-electron chi connectivity index (χ0n) is 18.8. The van der Waals surface area contributed by atoms with E-state index in [1.165, 1.54) is 12.0 Å². The standard InChI is InChI=1S/C28H23NO5/c1-3-17-12-14-18(15-13-17)24-23(26(31)28(32)29(24)20-9-5-4-6-10-20)25(30)22-16-19-8-7-11-21(33-2)27(19)34-22/h4-16,24,31H,3H2,1-2H3. The number of fused-ring (bicyclic) bond motifs is 1. The van der Waals surface area contributed by atoms with Crippen molar-refractivity contribution in [2.75, 3.05) is 12.0 Å². The molecule has 170 valence electrons. The summed E-state index contributed by atoms with van der Waals surface area (Å²) in [7, 11) is 1.52. The number of aryl methyl sites for hydroxylation is 1. The molecule has 3 aromatic carbocycles. The number of ether oxygens (including phenoxy) is 1. The first-order chi connectivity index (χ1) is 16.5. The first kappa shape index (κ1) is 21.5. The molecule has 1 unspecified atom stereocenters. The number of methoxy groups -OCH3 is 1. The summed E-state index contributed by atoms with van der Waals surface area (Å²) in [4.78, 5) is 28.4. The Hall–Kier alpha value is -4.32. The van der Waals surface area contributed by atoms with Crippen molar-refractivity contribution in [3.63, 3.8) is 0 Å². The second-order valence-electron chi connectivity index (χ2n) is 8.09. The molecule has 4 aromatic rings. The number of hydrogen-bond acceptors (Lipinski definition) is 5. The molecule has 1 aromatic heterocycles. The van der Waals surface area contributed by atoms with Crippen LogP contribution in [0.15, 0.2) is 94.6 Å². The average molecular weight is 453 g/mol. The number of aliphatic hydroxyl groups is 1. The van der Waals surface area contributed by atoms with E-state index in [4.69, 9.17) is 9.15 Å². The van der Waals surface area contributed by atoms with Gasteiger partial charge in [0.1, 0.15) is 0 Å². The molecule has 1 atom stereocenters. The first-order valence-electron chi connectivity index (χ1n) is 11.0. The van der Waals surface area contributed by atoms with Gasteiger partial charge in [-0.1, -0.05) is 61.5 Å². The van der Waals surface area contributed by atoms with E-state index in [0.717, 1.165) is 17.5 Å². The van der Waals surface area contributed by atoms with Gasteiger partial charge in [-0.3, -0.25) is 14.5 Å². The fraction of sp³-hybridized carbons (Fsp3) is 0.143. The van der Waals surface area contributed by atoms with Gasteiger partial charge in [-0.05, 0) is 41.8 Å². The van der Waals surface area contributed by atoms with Gasteiger partial charge in [-0.25, -0.2) is 0 Å². The van der Waals surface area contributed by atoms with Gasteiger partial charge in [-0.2, -0.15) is 0 Å². The van der Waals surface area contributed by atoms with Crippen molar-refractivity contribution in [1.29, 1.82) is 0 Å². The Kier molecular flexibility index (Phi) is 5.42. The maximum atomic E-state index is 13.7. The van der Waals surface area contributed by atoms with Gasteiger partial charge < -0.3 is 14.3 Å². The van der Waals surface area contributed by atoms with E-state index in [0.29, 0.717) is 22.4 Å². The van der Waals surface area contributed by atoms with Gasteiger partial charge in [0.2, 0.25) is 5.78 Å². The molecular weight excluding hydrogens is 430 g/mol. The van der Waals surface area contributed by atoms with Crippen molar-refractivity contribution in [1.82, 2.24) is 0 Å². The van der Waals surface area contributed by atoms with Crippen LogP contribution in [0.25, 0.3) is 11.0 Å². The summed E-state index contributed by atoms with van der Waals surface area (Å²) in [5.41, 5.74) is 2.84. The van der Waals surface area contributed by atoms with E-state index in [1.807, 2.05) is 48.5 Å². The number of rotatable bonds is 6. The molecule has 0 radical (unpaired) electrons. The van der Waals surface area contributed by atoms with Crippen LogP contribution in [-0.2, 0) is 11.2 Å². The number of carbonyl (C=O) groups excluding carboxylic acids is 2. The lowest BCUT2D eigenvalue weighted by atomic mass is 9.94. The molecule has 34 heavy (non-hydrogen) atoms. The smallest absolute Gasteiger partial charge is 0.294 e. The number of furan rings is 1. The summed E-state index contributed by atoms with van der Waals surface area (Å²) < 4.78 is 11.2. The van der Waals surface area contributed by atoms with E-state index in [1.54, 1.807) is 30.3 Å². The monoisotopic (exact) mass is 453 g/mol. The Labute approximate surface area is 196 Å². The van der Waals surface area contributed by atoms with Gasteiger partial charge in [0, 0.05) is 11.1 Å². The van der Waals surface area contributed by atoms with Crippen LogP contribution < -0.4 is 9.64 Å². The van der Waals surface area contributed by atoms with Gasteiger partial charge >= 0.3 is 0 Å². The van der Waals surface area contributed by atoms with Gasteiger partial charge in [0.05, 0.1) is 18.7 Å². The second kappa shape index (κ2) is 8.56. The Balaban J connectivity index is 1.65. The van der Waals surface area contributed by atoms with E-state index in [2.05, 4.69) is 6.92 Å². The fourth-order valence-corrected chi connectivity index (χ4v) is 4.38. The number of ketones is 1. The molecule has 0 aliphatic carbocycles. The largest absolute Gasteiger partial charge is 0.503 e. The van der Waals surface area contributed by atoms with Crippen molar-refractivity contribution >= 4 is 28.3 Å². The van der Waals surface area contributed by atoms with E-state index >= 15 is 0 Å². The SMILES string of the molecule is CCc1ccc(C2C(C(=O)c3cc4cccc(OC)c4o3)=C(O)C(=O)N2c2ccccc2)cc1. The van der Waals surface area contributed by atoms with Crippen molar-refractivity contribution in [2.45, 2.75) is 19.4 Å². The third-order valence-corrected chi connectivity index (χ3v) is 6.14. The molecule has 1 N–H and O–H groups in total. The Morgan fingerprint density at radius 3 is 2.44 bits per heavy atom. The predicted molar refractivity (Wildman–Crippen MR) is 129 cm³/mol. The normalized spacial score (nSPS) is 15.9. The number of hydrogen-bond donors (Lipinski definition) is 1. The predicted octanol–water partition coefficient (Wildman–Crippen LogP) is 5.79. The Morgan fingerprint density at radius 2 is 1.76 bits per heavy atom. The topological polar surface area (TPSA) is 80.0 Å². The summed E-state index contributed by atoms with van der Waals surface area (Å²) in [5.74, 6) is -1.24. The minimum absolute atomic E-state index is 0.0175. The van der Waals surface area contributed by atoms with E-state index in [-0.39, 0.29) is 11.3 Å². The van der Waals surface area contributed by atoms with Crippen molar-refractivity contribution in [3.05, 3.63) is 107 Å². The molecule has 1 amide bonds. The number of nitrogens with zero attached hydrogens (tertiary/aromatic N) is 1.